The predicted molar refractivity (Wildman–Crippen MR) is 69.5 cm³/mol. The minimum Gasteiger partial charge on any atom is -0.355 e. The van der Waals surface area contributed by atoms with Gasteiger partial charge in [-0.05, 0) is 18.7 Å². The molecule has 0 saturated carbocycles. The smallest absolute Gasteiger partial charge is 0.251 e. The summed E-state index contributed by atoms with van der Waals surface area (Å²) in [5, 5.41) is 1.99. The molecule has 7 nitrogen and oxygen atoms in total. The van der Waals surface area contributed by atoms with Gasteiger partial charge in [0.25, 0.3) is 5.91 Å². The molecule has 2 atom stereocenters. The van der Waals surface area contributed by atoms with Gasteiger partial charge in [0.1, 0.15) is 6.23 Å². The van der Waals surface area contributed by atoms with Crippen LogP contribution in [-0.2, 0) is 14.3 Å². The number of nitrogens with zero attached hydrogens (tertiary/aromatic N) is 1. The number of hydrogen-bond acceptors (Lipinski definition) is 6. The zero-order valence-corrected chi connectivity index (χ0v) is 11.4. The Bertz CT molecular complexity index is 372. The fourth-order valence-corrected chi connectivity index (χ4v) is 1.99. The summed E-state index contributed by atoms with van der Waals surface area (Å²) >= 11 is 0. The minimum absolute atomic E-state index is 0.158. The van der Waals surface area contributed by atoms with Crippen molar-refractivity contribution in [3.8, 4) is 0 Å². The molecule has 0 spiro atoms. The molecule has 1 aliphatic rings. The maximum atomic E-state index is 11.0. The van der Waals surface area contributed by atoms with Crippen molar-refractivity contribution < 1.29 is 24.1 Å². The Kier molecular flexibility index (Phi) is 6.66. The first-order valence-electron chi connectivity index (χ1n) is 5.68. The van der Waals surface area contributed by atoms with Gasteiger partial charge in [0, 0.05) is 19.3 Å². The third-order valence-corrected chi connectivity index (χ3v) is 3.02. The van der Waals surface area contributed by atoms with E-state index in [-0.39, 0.29) is 12.3 Å². The second-order valence-corrected chi connectivity index (χ2v) is 4.91. The van der Waals surface area contributed by atoms with E-state index >= 15 is 0 Å². The number of ether oxygens (including phenoxy) is 1. The Balaban J connectivity index is 2.41. The number of amides is 2. The van der Waals surface area contributed by atoms with E-state index in [4.69, 9.17) is 14.5 Å². The number of nitrogens with one attached hydrogen (secondary N) is 1. The van der Waals surface area contributed by atoms with Gasteiger partial charge in [-0.1, -0.05) is 6.08 Å². The molecule has 1 heterocycles. The Morgan fingerprint density at radius 3 is 2.84 bits per heavy atom. The fourth-order valence-electron chi connectivity index (χ4n) is 1.65. The first-order chi connectivity index (χ1) is 9.02. The van der Waals surface area contributed by atoms with Crippen LogP contribution in [0.3, 0.4) is 0 Å². The molecule has 0 aromatic rings. The van der Waals surface area contributed by atoms with Crippen LogP contribution in [0.2, 0.25) is 0 Å². The van der Waals surface area contributed by atoms with Gasteiger partial charge in [0.2, 0.25) is 6.41 Å². The number of rotatable bonds is 6. The fraction of sp³-hybridized carbons (Fsp3) is 0.455. The van der Waals surface area contributed by atoms with Crippen molar-refractivity contribution in [3.63, 3.8) is 0 Å². The molecule has 0 aromatic carbocycles. The van der Waals surface area contributed by atoms with Crippen LogP contribution in [-0.4, -0.2) is 46.4 Å². The molecule has 1 fully saturated rings. The Hall–Kier alpha value is -1.27. The molecular formula is C11H17N2O5P. The summed E-state index contributed by atoms with van der Waals surface area (Å²) in [6.45, 7) is 0. The number of carbonyl (C=O) groups is 2. The predicted octanol–water partition coefficient (Wildman–Crippen LogP) is 0.0198. The van der Waals surface area contributed by atoms with Crippen LogP contribution in [0.4, 0.5) is 0 Å². The third-order valence-electron chi connectivity index (χ3n) is 2.58. The van der Waals surface area contributed by atoms with Crippen LogP contribution in [0, 0.1) is 0 Å². The summed E-state index contributed by atoms with van der Waals surface area (Å²) in [4.78, 5) is 40.3. The molecule has 0 bridgehead atoms. The summed E-state index contributed by atoms with van der Waals surface area (Å²) in [6, 6.07) is 0. The van der Waals surface area contributed by atoms with E-state index in [1.54, 1.807) is 18.0 Å². The maximum Gasteiger partial charge on any atom is 0.251 e. The average Bonchev–Trinajstić information content (AvgIpc) is 2.82. The van der Waals surface area contributed by atoms with E-state index < -0.39 is 14.3 Å². The summed E-state index contributed by atoms with van der Waals surface area (Å²) < 4.78 is 5.64. The van der Waals surface area contributed by atoms with Crippen LogP contribution in [0.15, 0.2) is 24.2 Å². The standard InChI is InChI=1S/C11H17N2O5P/c1-13(6-4-10(15)12-8-14)11-3-2-9(18-11)5-7-19(16)17/h4-9,11,16-17H,2-3H2,1H3,(H,12,14,15)/b6-4-,7-5+. The zero-order chi connectivity index (χ0) is 14.3. The largest absolute Gasteiger partial charge is 0.355 e. The van der Waals surface area contributed by atoms with E-state index in [1.807, 2.05) is 5.32 Å². The van der Waals surface area contributed by atoms with E-state index in [9.17, 15) is 9.59 Å². The summed E-state index contributed by atoms with van der Waals surface area (Å²) in [6.07, 6.45) is 5.90. The summed E-state index contributed by atoms with van der Waals surface area (Å²) in [7, 11) is -0.284. The molecule has 0 aliphatic carbocycles. The van der Waals surface area contributed by atoms with E-state index in [2.05, 4.69) is 0 Å². The van der Waals surface area contributed by atoms with Crippen molar-refractivity contribution in [1.82, 2.24) is 10.2 Å². The summed E-state index contributed by atoms with van der Waals surface area (Å²) in [5.74, 6) is 0.818. The van der Waals surface area contributed by atoms with Crippen molar-refractivity contribution in [2.24, 2.45) is 0 Å². The molecule has 1 aliphatic heterocycles. The second kappa shape index (κ2) is 8.01. The van der Waals surface area contributed by atoms with Gasteiger partial charge in [-0.2, -0.15) is 0 Å². The monoisotopic (exact) mass is 288 g/mol. The minimum atomic E-state index is -2.04. The van der Waals surface area contributed by atoms with Crippen LogP contribution >= 0.6 is 8.38 Å². The lowest BCUT2D eigenvalue weighted by atomic mass is 10.2. The van der Waals surface area contributed by atoms with Gasteiger partial charge in [-0.3, -0.25) is 14.9 Å². The van der Waals surface area contributed by atoms with Crippen molar-refractivity contribution >= 4 is 20.7 Å². The topological polar surface area (TPSA) is 99.1 Å². The van der Waals surface area contributed by atoms with E-state index in [1.165, 1.54) is 18.1 Å². The lowest BCUT2D eigenvalue weighted by molar-refractivity contribution is -0.121. The number of hydrogen-bond donors (Lipinski definition) is 3. The lowest BCUT2D eigenvalue weighted by Crippen LogP contribution is -2.28. The first-order valence-corrected chi connectivity index (χ1v) is 6.99. The molecule has 2 unspecified atom stereocenters. The highest BCUT2D eigenvalue weighted by Gasteiger charge is 2.25. The van der Waals surface area contributed by atoms with Gasteiger partial charge in [0.05, 0.1) is 6.10 Å². The van der Waals surface area contributed by atoms with Gasteiger partial charge < -0.3 is 19.4 Å². The molecule has 8 heteroatoms. The van der Waals surface area contributed by atoms with Crippen LogP contribution in [0.5, 0.6) is 0 Å². The van der Waals surface area contributed by atoms with E-state index in [0.29, 0.717) is 6.41 Å². The molecule has 1 rings (SSSR count). The quantitative estimate of drug-likeness (QED) is 0.362. The highest BCUT2D eigenvalue weighted by molar-refractivity contribution is 7.48. The van der Waals surface area contributed by atoms with Crippen molar-refractivity contribution in [1.29, 1.82) is 0 Å². The number of carbonyl (C=O) groups excluding carboxylic acids is 2. The maximum absolute atomic E-state index is 11.0. The second-order valence-electron chi connectivity index (χ2n) is 3.98. The van der Waals surface area contributed by atoms with Crippen LogP contribution < -0.4 is 5.32 Å². The first kappa shape index (κ1) is 15.8. The Morgan fingerprint density at radius 2 is 2.21 bits per heavy atom. The molecule has 0 aromatic heterocycles. The average molecular weight is 288 g/mol. The van der Waals surface area contributed by atoms with E-state index in [0.717, 1.165) is 12.8 Å². The lowest BCUT2D eigenvalue weighted by Gasteiger charge is -2.22. The van der Waals surface area contributed by atoms with Crippen molar-refractivity contribution in [2.75, 3.05) is 7.05 Å². The highest BCUT2D eigenvalue weighted by Crippen LogP contribution is 2.28. The number of imide groups is 1. The molecule has 19 heavy (non-hydrogen) atoms. The normalized spacial score (nSPS) is 23.4. The van der Waals surface area contributed by atoms with Crippen molar-refractivity contribution in [2.45, 2.75) is 25.2 Å². The molecule has 106 valence electrons. The SMILES string of the molecule is CN(/C=C\C(=O)NC=O)C1CCC(/C=C/P(O)O)O1. The highest BCUT2D eigenvalue weighted by atomic mass is 31.2. The van der Waals surface area contributed by atoms with Crippen LogP contribution in [0.25, 0.3) is 0 Å². The van der Waals surface area contributed by atoms with Crippen LogP contribution in [0.1, 0.15) is 12.8 Å². The van der Waals surface area contributed by atoms with Gasteiger partial charge >= 0.3 is 0 Å². The van der Waals surface area contributed by atoms with Gasteiger partial charge in [0.15, 0.2) is 8.38 Å². The molecule has 3 N–H and O–H groups in total. The zero-order valence-electron chi connectivity index (χ0n) is 10.5. The molecule has 1 saturated heterocycles. The molecule has 2 amide bonds. The molecule has 0 radical (unpaired) electrons. The van der Waals surface area contributed by atoms with Gasteiger partial charge in [-0.25, -0.2) is 0 Å². The third kappa shape index (κ3) is 5.94. The van der Waals surface area contributed by atoms with Crippen molar-refractivity contribution in [3.05, 3.63) is 24.2 Å². The Morgan fingerprint density at radius 1 is 1.47 bits per heavy atom. The Labute approximate surface area is 112 Å². The molecular weight excluding hydrogens is 271 g/mol. The van der Waals surface area contributed by atoms with Gasteiger partial charge in [-0.15, -0.1) is 0 Å². The summed E-state index contributed by atoms with van der Waals surface area (Å²) in [5.41, 5.74) is 0.